The zero-order valence-electron chi connectivity index (χ0n) is 9.45. The standard InChI is InChI=1S/C12H18O3/c1-10(2)6-4-8-12(3,15)9-5-7-11(13)14/h6-7,9,15H,4,8H2,1-3H3,(H,13,14). The number of carboxylic acids is 1. The molecular weight excluding hydrogens is 192 g/mol. The number of hydrogen-bond acceptors (Lipinski definition) is 2. The molecular formula is C12H18O3. The van der Waals surface area contributed by atoms with Gasteiger partial charge in [0.25, 0.3) is 0 Å². The van der Waals surface area contributed by atoms with Gasteiger partial charge in [0.2, 0.25) is 0 Å². The first-order valence-electron chi connectivity index (χ1n) is 4.86. The van der Waals surface area contributed by atoms with Gasteiger partial charge in [-0.1, -0.05) is 11.6 Å². The molecule has 84 valence electrons. The number of carbonyl (C=O) groups is 1. The fourth-order valence-electron chi connectivity index (χ4n) is 1.02. The summed E-state index contributed by atoms with van der Waals surface area (Å²) in [5.41, 5.74) is 2.65. The van der Waals surface area contributed by atoms with Gasteiger partial charge in [-0.25, -0.2) is 4.79 Å². The first kappa shape index (κ1) is 13.7. The van der Waals surface area contributed by atoms with E-state index in [1.54, 1.807) is 6.92 Å². The van der Waals surface area contributed by atoms with Crippen LogP contribution in [0.15, 0.2) is 29.5 Å². The van der Waals surface area contributed by atoms with Crippen LogP contribution in [0.25, 0.3) is 0 Å². The predicted octanol–water partition coefficient (Wildman–Crippen LogP) is 2.28. The zero-order chi connectivity index (χ0) is 11.9. The van der Waals surface area contributed by atoms with Gasteiger partial charge in [-0.3, -0.25) is 0 Å². The highest BCUT2D eigenvalue weighted by Gasteiger charge is 2.14. The Bertz CT molecular complexity index is 301. The summed E-state index contributed by atoms with van der Waals surface area (Å²) in [5, 5.41) is 18.1. The van der Waals surface area contributed by atoms with Gasteiger partial charge in [-0.15, -0.1) is 5.73 Å². The second-order valence-electron chi connectivity index (χ2n) is 3.97. The van der Waals surface area contributed by atoms with Crippen LogP contribution in [0.2, 0.25) is 0 Å². The molecule has 0 spiro atoms. The van der Waals surface area contributed by atoms with E-state index in [2.05, 4.69) is 5.73 Å². The van der Waals surface area contributed by atoms with Crippen LogP contribution in [0, 0.1) is 0 Å². The van der Waals surface area contributed by atoms with Gasteiger partial charge in [-0.2, -0.15) is 0 Å². The number of rotatable bonds is 5. The molecule has 0 aromatic rings. The van der Waals surface area contributed by atoms with Gasteiger partial charge in [0.05, 0.1) is 11.7 Å². The molecule has 15 heavy (non-hydrogen) atoms. The minimum Gasteiger partial charge on any atom is -0.478 e. The maximum atomic E-state index is 10.2. The van der Waals surface area contributed by atoms with Crippen molar-refractivity contribution in [3.05, 3.63) is 29.5 Å². The van der Waals surface area contributed by atoms with E-state index in [1.165, 1.54) is 11.6 Å². The maximum absolute atomic E-state index is 10.2. The van der Waals surface area contributed by atoms with E-state index in [4.69, 9.17) is 5.11 Å². The van der Waals surface area contributed by atoms with Gasteiger partial charge >= 0.3 is 5.97 Å². The lowest BCUT2D eigenvalue weighted by Gasteiger charge is -2.16. The maximum Gasteiger partial charge on any atom is 0.336 e. The first-order valence-corrected chi connectivity index (χ1v) is 4.86. The Kier molecular flexibility index (Phi) is 5.68. The smallest absolute Gasteiger partial charge is 0.336 e. The molecule has 0 aliphatic rings. The van der Waals surface area contributed by atoms with Crippen molar-refractivity contribution in [2.24, 2.45) is 0 Å². The molecule has 0 bridgehead atoms. The quantitative estimate of drug-likeness (QED) is 0.416. The van der Waals surface area contributed by atoms with Crippen LogP contribution in [0.3, 0.4) is 0 Å². The van der Waals surface area contributed by atoms with Crippen molar-refractivity contribution in [2.45, 2.75) is 39.2 Å². The van der Waals surface area contributed by atoms with Crippen LogP contribution >= 0.6 is 0 Å². The third-order valence-corrected chi connectivity index (χ3v) is 1.80. The number of hydrogen-bond donors (Lipinski definition) is 2. The predicted molar refractivity (Wildman–Crippen MR) is 59.6 cm³/mol. The van der Waals surface area contributed by atoms with Crippen LogP contribution < -0.4 is 0 Å². The summed E-state index contributed by atoms with van der Waals surface area (Å²) in [6, 6.07) is 0. The molecule has 0 fully saturated rings. The molecule has 0 amide bonds. The fourth-order valence-corrected chi connectivity index (χ4v) is 1.02. The molecule has 0 heterocycles. The van der Waals surface area contributed by atoms with E-state index in [0.29, 0.717) is 6.42 Å². The zero-order valence-corrected chi connectivity index (χ0v) is 9.45. The largest absolute Gasteiger partial charge is 0.478 e. The molecule has 3 heteroatoms. The summed E-state index contributed by atoms with van der Waals surface area (Å²) in [6.45, 7) is 5.62. The van der Waals surface area contributed by atoms with E-state index in [1.807, 2.05) is 19.9 Å². The molecule has 1 atom stereocenters. The molecule has 0 aromatic carbocycles. The Morgan fingerprint density at radius 3 is 2.53 bits per heavy atom. The molecule has 0 aliphatic carbocycles. The summed E-state index contributed by atoms with van der Waals surface area (Å²) in [4.78, 5) is 10.2. The second-order valence-corrected chi connectivity index (χ2v) is 3.97. The first-order chi connectivity index (χ1) is 6.83. The highest BCUT2D eigenvalue weighted by molar-refractivity contribution is 5.79. The third-order valence-electron chi connectivity index (χ3n) is 1.80. The van der Waals surface area contributed by atoms with Crippen molar-refractivity contribution in [2.75, 3.05) is 0 Å². The van der Waals surface area contributed by atoms with Crippen LogP contribution in [0.4, 0.5) is 0 Å². The van der Waals surface area contributed by atoms with Gasteiger partial charge < -0.3 is 10.2 Å². The van der Waals surface area contributed by atoms with Crippen molar-refractivity contribution in [3.8, 4) is 0 Å². The van der Waals surface area contributed by atoms with Crippen LogP contribution in [-0.2, 0) is 4.79 Å². The highest BCUT2D eigenvalue weighted by Crippen LogP contribution is 2.14. The summed E-state index contributed by atoms with van der Waals surface area (Å²) < 4.78 is 0. The van der Waals surface area contributed by atoms with Crippen molar-refractivity contribution < 1.29 is 15.0 Å². The van der Waals surface area contributed by atoms with Crippen LogP contribution in [0.1, 0.15) is 33.6 Å². The molecule has 0 saturated heterocycles. The summed E-state index contributed by atoms with van der Waals surface area (Å²) in [5.74, 6) is -1.06. The number of aliphatic carboxylic acids is 1. The van der Waals surface area contributed by atoms with E-state index in [9.17, 15) is 9.90 Å². The molecule has 0 aliphatic heterocycles. The lowest BCUT2D eigenvalue weighted by atomic mass is 9.99. The molecule has 0 radical (unpaired) electrons. The minimum atomic E-state index is -1.06. The van der Waals surface area contributed by atoms with Crippen molar-refractivity contribution in [3.63, 3.8) is 0 Å². The van der Waals surface area contributed by atoms with Crippen molar-refractivity contribution in [1.29, 1.82) is 0 Å². The SMILES string of the molecule is CC(C)=CCCC(C)(O)C=C=CC(=O)O. The van der Waals surface area contributed by atoms with E-state index in [0.717, 1.165) is 12.5 Å². The Morgan fingerprint density at radius 1 is 1.47 bits per heavy atom. The van der Waals surface area contributed by atoms with E-state index >= 15 is 0 Å². The van der Waals surface area contributed by atoms with Gasteiger partial charge in [0, 0.05) is 0 Å². The number of aliphatic hydroxyl groups is 1. The highest BCUT2D eigenvalue weighted by atomic mass is 16.4. The molecule has 3 nitrogen and oxygen atoms in total. The van der Waals surface area contributed by atoms with Gasteiger partial charge in [-0.05, 0) is 39.7 Å². The molecule has 0 saturated carbocycles. The number of carboxylic acid groups (broad SMARTS) is 1. The Morgan fingerprint density at radius 2 is 2.07 bits per heavy atom. The third kappa shape index (κ3) is 9.01. The van der Waals surface area contributed by atoms with Crippen LogP contribution in [0.5, 0.6) is 0 Å². The fraction of sp³-hybridized carbons (Fsp3) is 0.500. The Labute approximate surface area is 90.4 Å². The number of allylic oxidation sites excluding steroid dienone is 2. The minimum absolute atomic E-state index is 0.554. The summed E-state index contributed by atoms with van der Waals surface area (Å²) in [6.07, 6.45) is 5.61. The summed E-state index contributed by atoms with van der Waals surface area (Å²) in [7, 11) is 0. The molecule has 0 aromatic heterocycles. The normalized spacial score (nSPS) is 13.3. The second kappa shape index (κ2) is 6.23. The average molecular weight is 210 g/mol. The molecule has 1 unspecified atom stereocenters. The van der Waals surface area contributed by atoms with Crippen molar-refractivity contribution >= 4 is 5.97 Å². The Balaban J connectivity index is 4.25. The topological polar surface area (TPSA) is 57.5 Å². The van der Waals surface area contributed by atoms with Crippen molar-refractivity contribution in [1.82, 2.24) is 0 Å². The Hall–Kier alpha value is -1.31. The average Bonchev–Trinajstić information content (AvgIpc) is 2.01. The van der Waals surface area contributed by atoms with Gasteiger partial charge in [0.1, 0.15) is 0 Å². The van der Waals surface area contributed by atoms with Crippen LogP contribution in [-0.4, -0.2) is 21.8 Å². The van der Waals surface area contributed by atoms with E-state index < -0.39 is 11.6 Å². The monoisotopic (exact) mass is 210 g/mol. The molecule has 2 N–H and O–H groups in total. The lowest BCUT2D eigenvalue weighted by Crippen LogP contribution is -2.19. The van der Waals surface area contributed by atoms with Gasteiger partial charge in [0.15, 0.2) is 0 Å². The van der Waals surface area contributed by atoms with E-state index in [-0.39, 0.29) is 0 Å². The summed E-state index contributed by atoms with van der Waals surface area (Å²) >= 11 is 0. The molecule has 0 rings (SSSR count). The lowest BCUT2D eigenvalue weighted by molar-refractivity contribution is -0.131.